The molecule has 2 heteroatoms. The van der Waals surface area contributed by atoms with Crippen molar-refractivity contribution in [2.45, 2.75) is 52.0 Å². The molecule has 3 aliphatic carbocycles. The topological polar surface area (TPSA) is 38.0 Å². The van der Waals surface area contributed by atoms with Crippen molar-refractivity contribution in [2.75, 3.05) is 0 Å². The highest BCUT2D eigenvalue weighted by Gasteiger charge is 2.66. The van der Waals surface area contributed by atoms with E-state index in [9.17, 15) is 0 Å². The summed E-state index contributed by atoms with van der Waals surface area (Å²) in [4.78, 5) is 0. The maximum Gasteiger partial charge on any atom is 0.0272 e. The molecule has 0 aliphatic heterocycles. The molecule has 0 heterocycles. The largest absolute Gasteiger partial charge is 0.271 e. The summed E-state index contributed by atoms with van der Waals surface area (Å²) < 4.78 is 0. The molecule has 3 aliphatic rings. The molecule has 0 spiro atoms. The number of nitrogens with one attached hydrogen (secondary N) is 1. The minimum absolute atomic E-state index is 0.605. The van der Waals surface area contributed by atoms with Crippen LogP contribution in [-0.4, -0.2) is 6.04 Å². The van der Waals surface area contributed by atoms with Crippen LogP contribution in [0.2, 0.25) is 0 Å². The molecule has 0 amide bonds. The predicted octanol–water partition coefficient (Wildman–Crippen LogP) is 2.55. The summed E-state index contributed by atoms with van der Waals surface area (Å²) >= 11 is 0. The highest BCUT2D eigenvalue weighted by atomic mass is 15.2. The van der Waals surface area contributed by atoms with Crippen molar-refractivity contribution in [1.82, 2.24) is 5.43 Å². The van der Waals surface area contributed by atoms with Crippen molar-refractivity contribution >= 4 is 0 Å². The van der Waals surface area contributed by atoms with Crippen molar-refractivity contribution in [3.63, 3.8) is 0 Å². The van der Waals surface area contributed by atoms with Crippen molar-refractivity contribution in [3.8, 4) is 0 Å². The SMILES string of the molecule is CCC(CC)C(NN)C1C2C3CCC(C3)C21. The van der Waals surface area contributed by atoms with Gasteiger partial charge in [-0.1, -0.05) is 26.7 Å². The summed E-state index contributed by atoms with van der Waals surface area (Å²) in [6, 6.07) is 0.605. The fourth-order valence-electron chi connectivity index (χ4n) is 5.23. The lowest BCUT2D eigenvalue weighted by atomic mass is 9.86. The average Bonchev–Trinajstić information content (AvgIpc) is 2.73. The first-order valence-corrected chi connectivity index (χ1v) is 7.27. The van der Waals surface area contributed by atoms with Crippen LogP contribution in [0.1, 0.15) is 46.0 Å². The molecule has 16 heavy (non-hydrogen) atoms. The van der Waals surface area contributed by atoms with Gasteiger partial charge in [-0.2, -0.15) is 0 Å². The van der Waals surface area contributed by atoms with Gasteiger partial charge < -0.3 is 0 Å². The van der Waals surface area contributed by atoms with E-state index in [2.05, 4.69) is 19.3 Å². The first-order valence-electron chi connectivity index (χ1n) is 7.27. The lowest BCUT2D eigenvalue weighted by molar-refractivity contribution is 0.264. The third-order valence-electron chi connectivity index (χ3n) is 5.96. The Morgan fingerprint density at radius 3 is 2.12 bits per heavy atom. The fraction of sp³-hybridized carbons (Fsp3) is 1.00. The first-order chi connectivity index (χ1) is 7.81. The summed E-state index contributed by atoms with van der Waals surface area (Å²) in [6.45, 7) is 4.62. The van der Waals surface area contributed by atoms with Gasteiger partial charge in [-0.25, -0.2) is 0 Å². The number of nitrogens with two attached hydrogens (primary N) is 1. The second-order valence-corrected chi connectivity index (χ2v) is 6.33. The number of rotatable bonds is 5. The highest BCUT2D eigenvalue weighted by molar-refractivity contribution is 5.16. The van der Waals surface area contributed by atoms with Crippen molar-refractivity contribution < 1.29 is 0 Å². The van der Waals surface area contributed by atoms with E-state index < -0.39 is 0 Å². The Bertz CT molecular complexity index is 245. The minimum atomic E-state index is 0.605. The van der Waals surface area contributed by atoms with Gasteiger partial charge >= 0.3 is 0 Å². The first kappa shape index (κ1) is 11.0. The lowest BCUT2D eigenvalue weighted by Crippen LogP contribution is -2.43. The average molecular weight is 222 g/mol. The molecule has 3 N–H and O–H groups in total. The van der Waals surface area contributed by atoms with Crippen LogP contribution in [0.15, 0.2) is 0 Å². The van der Waals surface area contributed by atoms with E-state index >= 15 is 0 Å². The van der Waals surface area contributed by atoms with Gasteiger partial charge in [-0.3, -0.25) is 11.3 Å². The molecular weight excluding hydrogens is 196 g/mol. The van der Waals surface area contributed by atoms with Crippen LogP contribution in [0, 0.1) is 35.5 Å². The zero-order valence-corrected chi connectivity index (χ0v) is 10.7. The molecule has 0 aromatic rings. The van der Waals surface area contributed by atoms with E-state index in [0.29, 0.717) is 6.04 Å². The van der Waals surface area contributed by atoms with Crippen LogP contribution in [-0.2, 0) is 0 Å². The van der Waals surface area contributed by atoms with Gasteiger partial charge in [0.1, 0.15) is 0 Å². The van der Waals surface area contributed by atoms with Gasteiger partial charge in [0.15, 0.2) is 0 Å². The maximum atomic E-state index is 5.83. The zero-order chi connectivity index (χ0) is 11.3. The second-order valence-electron chi connectivity index (χ2n) is 6.33. The van der Waals surface area contributed by atoms with E-state index in [1.165, 1.54) is 25.7 Å². The molecule has 5 unspecified atom stereocenters. The summed E-state index contributed by atoms with van der Waals surface area (Å²) in [5, 5.41) is 0. The van der Waals surface area contributed by atoms with E-state index in [-0.39, 0.29) is 0 Å². The van der Waals surface area contributed by atoms with Gasteiger partial charge in [-0.15, -0.1) is 0 Å². The van der Waals surface area contributed by atoms with Gasteiger partial charge in [0.05, 0.1) is 0 Å². The van der Waals surface area contributed by atoms with E-state index in [4.69, 9.17) is 5.84 Å². The maximum absolute atomic E-state index is 5.83. The Kier molecular flexibility index (Phi) is 2.75. The van der Waals surface area contributed by atoms with Gasteiger partial charge in [0, 0.05) is 6.04 Å². The fourth-order valence-corrected chi connectivity index (χ4v) is 5.23. The van der Waals surface area contributed by atoms with E-state index in [1.54, 1.807) is 6.42 Å². The quantitative estimate of drug-likeness (QED) is 0.554. The number of hydrogen-bond acceptors (Lipinski definition) is 2. The van der Waals surface area contributed by atoms with Gasteiger partial charge in [-0.05, 0) is 54.8 Å². The molecule has 3 rings (SSSR count). The summed E-state index contributed by atoms with van der Waals surface area (Å²) in [5.41, 5.74) is 3.16. The Labute approximate surface area is 99.3 Å². The zero-order valence-electron chi connectivity index (χ0n) is 10.7. The molecule has 0 saturated heterocycles. The lowest BCUT2D eigenvalue weighted by Gasteiger charge is -2.27. The second kappa shape index (κ2) is 3.99. The van der Waals surface area contributed by atoms with E-state index in [1.807, 2.05) is 0 Å². The normalized spacial score (nSPS) is 46.1. The minimum Gasteiger partial charge on any atom is -0.271 e. The molecule has 0 radical (unpaired) electrons. The van der Waals surface area contributed by atoms with Crippen molar-refractivity contribution in [1.29, 1.82) is 0 Å². The molecule has 0 aromatic carbocycles. The van der Waals surface area contributed by atoms with Crippen LogP contribution >= 0.6 is 0 Å². The van der Waals surface area contributed by atoms with Crippen LogP contribution in [0.5, 0.6) is 0 Å². The Morgan fingerprint density at radius 1 is 1.12 bits per heavy atom. The van der Waals surface area contributed by atoms with Crippen LogP contribution < -0.4 is 11.3 Å². The predicted molar refractivity (Wildman–Crippen MR) is 66.5 cm³/mol. The van der Waals surface area contributed by atoms with Crippen molar-refractivity contribution in [3.05, 3.63) is 0 Å². The van der Waals surface area contributed by atoms with Crippen LogP contribution in [0.4, 0.5) is 0 Å². The molecule has 3 saturated carbocycles. The summed E-state index contributed by atoms with van der Waals surface area (Å²) in [7, 11) is 0. The molecule has 5 atom stereocenters. The van der Waals surface area contributed by atoms with Gasteiger partial charge in [0.25, 0.3) is 0 Å². The molecule has 3 fully saturated rings. The van der Waals surface area contributed by atoms with Gasteiger partial charge in [0.2, 0.25) is 0 Å². The highest BCUT2D eigenvalue weighted by Crippen LogP contribution is 2.70. The number of hydrogen-bond donors (Lipinski definition) is 2. The Morgan fingerprint density at radius 2 is 1.69 bits per heavy atom. The third-order valence-corrected chi connectivity index (χ3v) is 5.96. The third kappa shape index (κ3) is 1.39. The smallest absolute Gasteiger partial charge is 0.0272 e. The Hall–Kier alpha value is -0.0800. The number of fused-ring (bicyclic) bond motifs is 5. The van der Waals surface area contributed by atoms with Crippen molar-refractivity contribution in [2.24, 2.45) is 41.4 Å². The summed E-state index contributed by atoms with van der Waals surface area (Å²) in [6.07, 6.45) is 7.13. The van der Waals surface area contributed by atoms with Crippen LogP contribution in [0.25, 0.3) is 0 Å². The molecule has 2 bridgehead atoms. The number of hydrazine groups is 1. The summed E-state index contributed by atoms with van der Waals surface area (Å²) in [5.74, 6) is 11.8. The molecule has 92 valence electrons. The molecular formula is C14H26N2. The van der Waals surface area contributed by atoms with E-state index in [0.717, 1.165) is 35.5 Å². The molecule has 0 aromatic heterocycles. The standard InChI is InChI=1S/C14H26N2/c1-3-8(4-2)14(16-15)13-11-9-5-6-10(7-9)12(11)13/h8-14,16H,3-7,15H2,1-2H3. The molecule has 2 nitrogen and oxygen atoms in total. The Balaban J connectivity index is 1.69. The monoisotopic (exact) mass is 222 g/mol. The van der Waals surface area contributed by atoms with Crippen LogP contribution in [0.3, 0.4) is 0 Å².